The van der Waals surface area contributed by atoms with Gasteiger partial charge in [0.05, 0.1) is 10.7 Å². The molecule has 4 N–H and O–H groups in total. The number of halogens is 2. The second-order valence-corrected chi connectivity index (χ2v) is 8.16. The summed E-state index contributed by atoms with van der Waals surface area (Å²) in [4.78, 5) is 8.77. The molecule has 2 heterocycles. The molecular weight excluding hydrogens is 401 g/mol. The zero-order valence-corrected chi connectivity index (χ0v) is 17.4. The van der Waals surface area contributed by atoms with Crippen molar-refractivity contribution in [3.63, 3.8) is 0 Å². The summed E-state index contributed by atoms with van der Waals surface area (Å²) in [6, 6.07) is 11.2. The van der Waals surface area contributed by atoms with Crippen LogP contribution >= 0.6 is 11.6 Å². The largest absolute Gasteiger partial charge is 0.380 e. The maximum absolute atomic E-state index is 13.4. The van der Waals surface area contributed by atoms with Gasteiger partial charge in [-0.25, -0.2) is 9.37 Å². The highest BCUT2D eigenvalue weighted by atomic mass is 35.5. The van der Waals surface area contributed by atoms with Crippen molar-refractivity contribution >= 4 is 23.1 Å². The Hall–Kier alpha value is -2.70. The number of rotatable bonds is 6. The lowest BCUT2D eigenvalue weighted by molar-refractivity contribution is 0.410. The molecule has 1 saturated carbocycles. The van der Waals surface area contributed by atoms with E-state index in [9.17, 15) is 4.39 Å². The molecule has 1 aliphatic rings. The van der Waals surface area contributed by atoms with E-state index in [1.54, 1.807) is 24.7 Å². The van der Waals surface area contributed by atoms with Crippen molar-refractivity contribution in [1.29, 1.82) is 0 Å². The summed E-state index contributed by atoms with van der Waals surface area (Å²) in [5, 5.41) is 7.36. The summed E-state index contributed by atoms with van der Waals surface area (Å²) in [5.74, 6) is 0.553. The van der Waals surface area contributed by atoms with Crippen LogP contribution in [-0.4, -0.2) is 22.1 Å². The minimum absolute atomic E-state index is 0.246. The lowest BCUT2D eigenvalue weighted by Gasteiger charge is -2.27. The molecule has 0 radical (unpaired) electrons. The van der Waals surface area contributed by atoms with Crippen molar-refractivity contribution in [3.05, 3.63) is 71.4 Å². The summed E-state index contributed by atoms with van der Waals surface area (Å²) in [5.41, 5.74) is 9.45. The fourth-order valence-electron chi connectivity index (χ4n) is 3.75. The third kappa shape index (κ3) is 5.26. The molecular formula is C23H25ClFN5. The first kappa shape index (κ1) is 20.6. The Morgan fingerprint density at radius 2 is 1.90 bits per heavy atom. The van der Waals surface area contributed by atoms with Crippen molar-refractivity contribution in [2.24, 2.45) is 5.73 Å². The summed E-state index contributed by atoms with van der Waals surface area (Å²) < 4.78 is 13.4. The highest BCUT2D eigenvalue weighted by Crippen LogP contribution is 2.31. The Morgan fingerprint density at radius 1 is 1.07 bits per heavy atom. The van der Waals surface area contributed by atoms with E-state index in [1.807, 2.05) is 18.2 Å². The van der Waals surface area contributed by atoms with Crippen LogP contribution in [0, 0.1) is 5.82 Å². The number of nitrogens with one attached hydrogen (secondary N) is 2. The average Bonchev–Trinajstić information content (AvgIpc) is 2.75. The third-order valence-corrected chi connectivity index (χ3v) is 5.72. The van der Waals surface area contributed by atoms with Gasteiger partial charge >= 0.3 is 0 Å². The Bertz CT molecular complexity index is 1000. The van der Waals surface area contributed by atoms with Gasteiger partial charge in [0, 0.05) is 48.3 Å². The molecule has 30 heavy (non-hydrogen) atoms. The molecule has 4 rings (SSSR count). The molecule has 5 nitrogen and oxygen atoms in total. The molecule has 156 valence electrons. The number of anilines is 2. The normalized spacial score (nSPS) is 18.8. The van der Waals surface area contributed by atoms with Gasteiger partial charge < -0.3 is 16.4 Å². The van der Waals surface area contributed by atoms with E-state index < -0.39 is 0 Å². The predicted molar refractivity (Wildman–Crippen MR) is 120 cm³/mol. The van der Waals surface area contributed by atoms with Gasteiger partial charge in [0.25, 0.3) is 0 Å². The standard InChI is InChI=1S/C23H25ClFN5/c24-22-14-29-23(30-19-6-4-18(26)5-7-19)10-21(22)16-9-20(13-27-12-16)28-11-15-2-1-3-17(25)8-15/h1-3,8-10,12-14,18-19,28H,4-7,11,26H2,(H,29,30). The minimum atomic E-state index is -0.246. The van der Waals surface area contributed by atoms with Crippen LogP contribution in [0.15, 0.2) is 55.0 Å². The summed E-state index contributed by atoms with van der Waals surface area (Å²) in [6.07, 6.45) is 9.33. The van der Waals surface area contributed by atoms with Crippen LogP contribution in [0.5, 0.6) is 0 Å². The Balaban J connectivity index is 1.48. The molecule has 3 aromatic rings. The van der Waals surface area contributed by atoms with Gasteiger partial charge in [-0.05, 0) is 55.5 Å². The molecule has 0 amide bonds. The van der Waals surface area contributed by atoms with Crippen molar-refractivity contribution < 1.29 is 4.39 Å². The molecule has 7 heteroatoms. The number of nitrogens with zero attached hydrogens (tertiary/aromatic N) is 2. The molecule has 1 aromatic carbocycles. The third-order valence-electron chi connectivity index (χ3n) is 5.41. The SMILES string of the molecule is NC1CCC(Nc2cc(-c3cncc(NCc4cccc(F)c4)c3)c(Cl)cn2)CC1. The summed E-state index contributed by atoms with van der Waals surface area (Å²) >= 11 is 6.44. The van der Waals surface area contributed by atoms with Crippen LogP contribution in [0.25, 0.3) is 11.1 Å². The molecule has 0 atom stereocenters. The van der Waals surface area contributed by atoms with E-state index in [-0.39, 0.29) is 5.82 Å². The Morgan fingerprint density at radius 3 is 2.70 bits per heavy atom. The topological polar surface area (TPSA) is 75.9 Å². The number of benzene rings is 1. The quantitative estimate of drug-likeness (QED) is 0.504. The lowest BCUT2D eigenvalue weighted by atomic mass is 9.92. The molecule has 0 spiro atoms. The van der Waals surface area contributed by atoms with Crippen LogP contribution in [0.4, 0.5) is 15.9 Å². The van der Waals surface area contributed by atoms with Crippen molar-refractivity contribution in [2.45, 2.75) is 44.3 Å². The van der Waals surface area contributed by atoms with Gasteiger partial charge in [-0.3, -0.25) is 4.98 Å². The van der Waals surface area contributed by atoms with Gasteiger partial charge in [0.1, 0.15) is 11.6 Å². The summed E-state index contributed by atoms with van der Waals surface area (Å²) in [6.45, 7) is 0.504. The van der Waals surface area contributed by atoms with Gasteiger partial charge in [0.15, 0.2) is 0 Å². The average molecular weight is 426 g/mol. The first-order valence-corrected chi connectivity index (χ1v) is 10.6. The number of nitrogens with two attached hydrogens (primary N) is 1. The second-order valence-electron chi connectivity index (χ2n) is 7.75. The van der Waals surface area contributed by atoms with E-state index in [1.165, 1.54) is 12.1 Å². The van der Waals surface area contributed by atoms with E-state index in [2.05, 4.69) is 20.6 Å². The highest BCUT2D eigenvalue weighted by Gasteiger charge is 2.19. The van der Waals surface area contributed by atoms with Gasteiger partial charge in [0.2, 0.25) is 0 Å². The Kier molecular flexibility index (Phi) is 6.45. The molecule has 0 aliphatic heterocycles. The highest BCUT2D eigenvalue weighted by molar-refractivity contribution is 6.33. The first-order chi connectivity index (χ1) is 14.6. The second kappa shape index (κ2) is 9.41. The van der Waals surface area contributed by atoms with Crippen LogP contribution in [0.2, 0.25) is 5.02 Å². The number of pyridine rings is 2. The first-order valence-electron chi connectivity index (χ1n) is 10.2. The summed E-state index contributed by atoms with van der Waals surface area (Å²) in [7, 11) is 0. The van der Waals surface area contributed by atoms with Crippen LogP contribution in [0.1, 0.15) is 31.2 Å². The lowest BCUT2D eigenvalue weighted by Crippen LogP contribution is -2.33. The van der Waals surface area contributed by atoms with Crippen molar-refractivity contribution in [1.82, 2.24) is 9.97 Å². The van der Waals surface area contributed by atoms with E-state index in [0.717, 1.165) is 53.9 Å². The van der Waals surface area contributed by atoms with Crippen molar-refractivity contribution in [2.75, 3.05) is 10.6 Å². The maximum atomic E-state index is 13.4. The molecule has 0 saturated heterocycles. The molecule has 1 aliphatic carbocycles. The maximum Gasteiger partial charge on any atom is 0.126 e. The zero-order valence-electron chi connectivity index (χ0n) is 16.6. The van der Waals surface area contributed by atoms with Crippen LogP contribution in [-0.2, 0) is 6.54 Å². The van der Waals surface area contributed by atoms with E-state index in [0.29, 0.717) is 23.7 Å². The molecule has 2 aromatic heterocycles. The fourth-order valence-corrected chi connectivity index (χ4v) is 3.96. The van der Waals surface area contributed by atoms with E-state index >= 15 is 0 Å². The molecule has 1 fully saturated rings. The monoisotopic (exact) mass is 425 g/mol. The van der Waals surface area contributed by atoms with E-state index in [4.69, 9.17) is 17.3 Å². The number of hydrogen-bond acceptors (Lipinski definition) is 5. The predicted octanol–water partition coefficient (Wildman–Crippen LogP) is 5.23. The van der Waals surface area contributed by atoms with Crippen LogP contribution in [0.3, 0.4) is 0 Å². The minimum Gasteiger partial charge on any atom is -0.380 e. The molecule has 0 unspecified atom stereocenters. The van der Waals surface area contributed by atoms with Crippen molar-refractivity contribution in [3.8, 4) is 11.1 Å². The Labute approximate surface area is 180 Å². The van der Waals surface area contributed by atoms with Crippen LogP contribution < -0.4 is 16.4 Å². The zero-order chi connectivity index (χ0) is 20.9. The smallest absolute Gasteiger partial charge is 0.126 e. The van der Waals surface area contributed by atoms with Gasteiger partial charge in [-0.1, -0.05) is 23.7 Å². The number of aromatic nitrogens is 2. The van der Waals surface area contributed by atoms with Gasteiger partial charge in [-0.15, -0.1) is 0 Å². The number of hydrogen-bond donors (Lipinski definition) is 3. The molecule has 0 bridgehead atoms. The fraction of sp³-hybridized carbons (Fsp3) is 0.304. The van der Waals surface area contributed by atoms with Gasteiger partial charge in [-0.2, -0.15) is 0 Å².